The van der Waals surface area contributed by atoms with Gasteiger partial charge in [0.15, 0.2) is 5.78 Å². The van der Waals surface area contributed by atoms with Crippen molar-refractivity contribution < 1.29 is 19.5 Å². The predicted octanol–water partition coefficient (Wildman–Crippen LogP) is 1.88. The van der Waals surface area contributed by atoms with Gasteiger partial charge in [0.2, 0.25) is 0 Å². The molecule has 1 unspecified atom stereocenters. The van der Waals surface area contributed by atoms with Gasteiger partial charge in [-0.1, -0.05) is 12.1 Å². The van der Waals surface area contributed by atoms with Crippen molar-refractivity contribution in [3.05, 3.63) is 29.8 Å². The summed E-state index contributed by atoms with van der Waals surface area (Å²) in [5.74, 6) is -0.380. The summed E-state index contributed by atoms with van der Waals surface area (Å²) < 4.78 is 0. The maximum atomic E-state index is 12.1. The van der Waals surface area contributed by atoms with E-state index in [0.29, 0.717) is 22.9 Å². The van der Waals surface area contributed by atoms with Crippen LogP contribution in [-0.2, 0) is 4.79 Å². The SMILES string of the molecule is CC(=O)c1cccc(NC(=O)N2CSCC2C(=O)O)c1. The van der Waals surface area contributed by atoms with E-state index in [4.69, 9.17) is 5.11 Å². The molecule has 2 amide bonds. The molecule has 1 aliphatic rings. The fourth-order valence-corrected chi connectivity index (χ4v) is 3.00. The first-order valence-corrected chi connectivity index (χ1v) is 7.13. The summed E-state index contributed by atoms with van der Waals surface area (Å²) in [7, 11) is 0. The topological polar surface area (TPSA) is 86.7 Å². The number of hydrogen-bond donors (Lipinski definition) is 2. The monoisotopic (exact) mass is 294 g/mol. The molecule has 6 nitrogen and oxygen atoms in total. The number of carboxylic acids is 1. The summed E-state index contributed by atoms with van der Waals surface area (Å²) in [5.41, 5.74) is 0.970. The molecular formula is C13H14N2O4S. The lowest BCUT2D eigenvalue weighted by molar-refractivity contribution is -0.140. The zero-order valence-electron chi connectivity index (χ0n) is 10.8. The van der Waals surface area contributed by atoms with Gasteiger partial charge >= 0.3 is 12.0 Å². The fourth-order valence-electron chi connectivity index (χ4n) is 1.86. The molecular weight excluding hydrogens is 280 g/mol. The molecule has 0 radical (unpaired) electrons. The largest absolute Gasteiger partial charge is 0.480 e. The number of anilines is 1. The van der Waals surface area contributed by atoms with Gasteiger partial charge in [0.1, 0.15) is 6.04 Å². The van der Waals surface area contributed by atoms with Gasteiger partial charge in [-0.15, -0.1) is 11.8 Å². The van der Waals surface area contributed by atoms with Crippen molar-refractivity contribution in [2.24, 2.45) is 0 Å². The average molecular weight is 294 g/mol. The minimum Gasteiger partial charge on any atom is -0.480 e. The quantitative estimate of drug-likeness (QED) is 0.831. The number of rotatable bonds is 3. The number of amides is 2. The Balaban J connectivity index is 2.09. The van der Waals surface area contributed by atoms with Crippen molar-refractivity contribution in [3.8, 4) is 0 Å². The highest BCUT2D eigenvalue weighted by Crippen LogP contribution is 2.22. The van der Waals surface area contributed by atoms with Gasteiger partial charge in [0.05, 0.1) is 5.88 Å². The van der Waals surface area contributed by atoms with E-state index in [1.807, 2.05) is 0 Å². The number of thioether (sulfide) groups is 1. The number of aliphatic carboxylic acids is 1. The number of hydrogen-bond acceptors (Lipinski definition) is 4. The highest BCUT2D eigenvalue weighted by atomic mass is 32.2. The van der Waals surface area contributed by atoms with Crippen LogP contribution in [0.2, 0.25) is 0 Å². The number of nitrogens with zero attached hydrogens (tertiary/aromatic N) is 1. The van der Waals surface area contributed by atoms with Crippen LogP contribution in [0.1, 0.15) is 17.3 Å². The van der Waals surface area contributed by atoms with Crippen molar-refractivity contribution in [3.63, 3.8) is 0 Å². The lowest BCUT2D eigenvalue weighted by Crippen LogP contribution is -2.43. The van der Waals surface area contributed by atoms with Crippen molar-refractivity contribution in [1.82, 2.24) is 4.90 Å². The fraction of sp³-hybridized carbons (Fsp3) is 0.308. The summed E-state index contributed by atoms with van der Waals surface area (Å²) in [6.07, 6.45) is 0. The van der Waals surface area contributed by atoms with Gasteiger partial charge in [-0.2, -0.15) is 0 Å². The zero-order chi connectivity index (χ0) is 14.7. The Hall–Kier alpha value is -2.02. The van der Waals surface area contributed by atoms with Crippen LogP contribution >= 0.6 is 11.8 Å². The van der Waals surface area contributed by atoms with E-state index in [1.165, 1.54) is 23.6 Å². The summed E-state index contributed by atoms with van der Waals surface area (Å²) in [4.78, 5) is 35.6. The number of nitrogens with one attached hydrogen (secondary N) is 1. The third-order valence-corrected chi connectivity index (χ3v) is 3.96. The van der Waals surface area contributed by atoms with E-state index < -0.39 is 18.0 Å². The minimum atomic E-state index is -1.01. The van der Waals surface area contributed by atoms with Crippen molar-refractivity contribution in [2.45, 2.75) is 13.0 Å². The highest BCUT2D eigenvalue weighted by Gasteiger charge is 2.34. The molecule has 0 bridgehead atoms. The van der Waals surface area contributed by atoms with Crippen LogP contribution < -0.4 is 5.32 Å². The first kappa shape index (κ1) is 14.4. The van der Waals surface area contributed by atoms with E-state index in [0.717, 1.165) is 0 Å². The number of urea groups is 1. The molecule has 7 heteroatoms. The maximum Gasteiger partial charge on any atom is 0.327 e. The van der Waals surface area contributed by atoms with Gasteiger partial charge < -0.3 is 15.3 Å². The Morgan fingerprint density at radius 1 is 1.40 bits per heavy atom. The molecule has 2 N–H and O–H groups in total. The molecule has 1 heterocycles. The van der Waals surface area contributed by atoms with Crippen molar-refractivity contribution in [2.75, 3.05) is 16.9 Å². The average Bonchev–Trinajstić information content (AvgIpc) is 2.88. The molecule has 0 aliphatic carbocycles. The molecule has 1 aromatic carbocycles. The molecule has 0 aromatic heterocycles. The van der Waals surface area contributed by atoms with Gasteiger partial charge in [0.25, 0.3) is 0 Å². The molecule has 20 heavy (non-hydrogen) atoms. The molecule has 2 rings (SSSR count). The third kappa shape index (κ3) is 3.11. The van der Waals surface area contributed by atoms with Crippen LogP contribution in [0.15, 0.2) is 24.3 Å². The standard InChI is InChI=1S/C13H14N2O4S/c1-8(16)9-3-2-4-10(5-9)14-13(19)15-7-20-6-11(15)12(17)18/h2-5,11H,6-7H2,1H3,(H,14,19)(H,17,18). The van der Waals surface area contributed by atoms with Gasteiger partial charge in [-0.05, 0) is 19.1 Å². The minimum absolute atomic E-state index is 0.0961. The summed E-state index contributed by atoms with van der Waals surface area (Å²) in [6.45, 7) is 1.44. The number of benzene rings is 1. The molecule has 0 saturated carbocycles. The number of carbonyl (C=O) groups is 3. The van der Waals surface area contributed by atoms with Crippen LogP contribution in [0, 0.1) is 0 Å². The molecule has 106 valence electrons. The highest BCUT2D eigenvalue weighted by molar-refractivity contribution is 7.99. The Kier molecular flexibility index (Phi) is 4.29. The second-order valence-corrected chi connectivity index (χ2v) is 5.39. The third-order valence-electron chi connectivity index (χ3n) is 2.95. The Bertz CT molecular complexity index is 561. The smallest absolute Gasteiger partial charge is 0.327 e. The molecule has 1 fully saturated rings. The molecule has 1 aromatic rings. The second kappa shape index (κ2) is 5.96. The summed E-state index contributed by atoms with van der Waals surface area (Å²) >= 11 is 1.40. The van der Waals surface area contributed by atoms with E-state index in [1.54, 1.807) is 24.3 Å². The van der Waals surface area contributed by atoms with Gasteiger partial charge in [-0.3, -0.25) is 4.79 Å². The summed E-state index contributed by atoms with van der Waals surface area (Å²) in [5, 5.41) is 11.7. The first-order chi connectivity index (χ1) is 9.49. The molecule has 1 atom stereocenters. The maximum absolute atomic E-state index is 12.1. The summed E-state index contributed by atoms with van der Waals surface area (Å²) in [6, 6.07) is 5.27. The lowest BCUT2D eigenvalue weighted by Gasteiger charge is -2.21. The zero-order valence-corrected chi connectivity index (χ0v) is 11.6. The van der Waals surface area contributed by atoms with Crippen LogP contribution in [0.5, 0.6) is 0 Å². The second-order valence-electron chi connectivity index (χ2n) is 4.39. The number of carboxylic acid groups (broad SMARTS) is 1. The van der Waals surface area contributed by atoms with E-state index in [9.17, 15) is 14.4 Å². The number of carbonyl (C=O) groups excluding carboxylic acids is 2. The molecule has 1 aliphatic heterocycles. The van der Waals surface area contributed by atoms with Crippen LogP contribution in [0.3, 0.4) is 0 Å². The van der Waals surface area contributed by atoms with Crippen LogP contribution in [0.25, 0.3) is 0 Å². The Labute approximate surface area is 120 Å². The Morgan fingerprint density at radius 3 is 2.80 bits per heavy atom. The number of ketones is 1. The number of Topliss-reactive ketones (excluding diaryl/α,β-unsaturated/α-hetero) is 1. The van der Waals surface area contributed by atoms with Crippen molar-refractivity contribution in [1.29, 1.82) is 0 Å². The van der Waals surface area contributed by atoms with Crippen LogP contribution in [-0.4, -0.2) is 45.5 Å². The van der Waals surface area contributed by atoms with Gasteiger partial charge in [-0.25, -0.2) is 9.59 Å². The van der Waals surface area contributed by atoms with Gasteiger partial charge in [0, 0.05) is 17.0 Å². The van der Waals surface area contributed by atoms with E-state index in [2.05, 4.69) is 5.32 Å². The van der Waals surface area contributed by atoms with E-state index >= 15 is 0 Å². The normalized spacial score (nSPS) is 17.9. The lowest BCUT2D eigenvalue weighted by atomic mass is 10.1. The van der Waals surface area contributed by atoms with Crippen molar-refractivity contribution >= 4 is 35.2 Å². The first-order valence-electron chi connectivity index (χ1n) is 5.98. The Morgan fingerprint density at radius 2 is 2.15 bits per heavy atom. The van der Waals surface area contributed by atoms with E-state index in [-0.39, 0.29) is 5.78 Å². The molecule has 0 spiro atoms. The predicted molar refractivity (Wildman–Crippen MR) is 76.1 cm³/mol. The van der Waals surface area contributed by atoms with Crippen LogP contribution in [0.4, 0.5) is 10.5 Å². The molecule has 1 saturated heterocycles.